The Labute approximate surface area is 796 Å². The van der Waals surface area contributed by atoms with E-state index in [-0.39, 0.29) is 101 Å². The second-order valence-electron chi connectivity index (χ2n) is 33.4. The largest absolute Gasteiger partial charge is 0.489 e. The number of ether oxygens (including phenoxy) is 3. The van der Waals surface area contributed by atoms with Gasteiger partial charge in [-0.3, -0.25) is 14.4 Å². The number of aryl methyl sites for hydroxylation is 3. The fourth-order valence-corrected chi connectivity index (χ4v) is 18.1. The Hall–Kier alpha value is -12.3. The van der Waals surface area contributed by atoms with Crippen molar-refractivity contribution in [3.05, 3.63) is 201 Å². The number of anilines is 13. The lowest BCUT2D eigenvalue weighted by Crippen LogP contribution is -2.48. The molecule has 40 heteroatoms. The van der Waals surface area contributed by atoms with E-state index in [9.17, 15) is 34.8 Å². The fourth-order valence-electron chi connectivity index (χ4n) is 14.1. The van der Waals surface area contributed by atoms with E-state index in [1.165, 1.54) is 37.8 Å². The van der Waals surface area contributed by atoms with Crippen molar-refractivity contribution in [2.45, 2.75) is 160 Å². The average Bonchev–Trinajstić information content (AvgIpc) is 1.33. The van der Waals surface area contributed by atoms with Gasteiger partial charge in [0, 0.05) is 87.4 Å². The Bertz CT molecular complexity index is 6550. The number of piperazine rings is 2. The molecule has 134 heavy (non-hydrogen) atoms. The Morgan fingerprint density at radius 1 is 0.433 bits per heavy atom. The standard InChI is InChI=1S/C33H40ClN7O5S.C33H40ClN7O3S.C28H31ClN6O6S/c1-7-40-12-14-41(15-13-40)32(42)27-18-28(46-39-27)23-17-26(29(16-22(23)6)45-20(2)3)37-33-35-19-24(34)31(38-33)36-25-10-8-9-11-30(25)47(43,44)21(4)5;1-21(2)44-29-18-25(24-11-12-31(35-19-24)41-15-13-40(6)14-16-41)23(5)17-28(29)38-33-36-20-26(34)32(39-33)37-27-9-7-8-10-30(27)45(42,43)22(3)4;1-15(2)40-24-11-17(5)18(23-13-22(34-41-23)27(36)35-39-6)12-21(24)32-28-30-14-19(29)26(33-28)31-20-9-7-8-10-25(20)42(37,38)16(3)4/h8-11,16-21H,7,12-15H2,1-6H3,(H2,35,36,37,38);7-12,17-22H,13-16H2,1-6H3,(H2,36,37,38,39);7-16H,1-6H3,(H,35,36)(H2,30,31,32,33). The minimum Gasteiger partial charge on any atom is -0.489 e. The maximum Gasteiger partial charge on any atom is 0.297 e. The maximum absolute atomic E-state index is 13.2. The molecule has 0 radical (unpaired) electrons. The number of para-hydroxylation sites is 3. The first-order valence-corrected chi connectivity index (χ1v) is 49.3. The van der Waals surface area contributed by atoms with Crippen LogP contribution in [0.15, 0.2) is 182 Å². The van der Waals surface area contributed by atoms with Crippen LogP contribution in [0.1, 0.15) is 128 Å². The number of carbonyl (C=O) groups is 2. The van der Waals surface area contributed by atoms with Gasteiger partial charge in [0.05, 0.1) is 109 Å². The molecule has 8 heterocycles. The summed E-state index contributed by atoms with van der Waals surface area (Å²) in [6.45, 7) is 37.2. The summed E-state index contributed by atoms with van der Waals surface area (Å²) < 4.78 is 107. The van der Waals surface area contributed by atoms with Gasteiger partial charge in [-0.1, -0.05) is 88.4 Å². The van der Waals surface area contributed by atoms with Crippen molar-refractivity contribution in [2.24, 2.45) is 0 Å². The van der Waals surface area contributed by atoms with Crippen LogP contribution >= 0.6 is 34.8 Å². The van der Waals surface area contributed by atoms with Crippen molar-refractivity contribution >= 4 is 151 Å². The summed E-state index contributed by atoms with van der Waals surface area (Å²) in [5.41, 5.74) is 11.3. The molecule has 7 N–H and O–H groups in total. The number of hydrogen-bond acceptors (Lipinski definition) is 32. The number of sulfone groups is 3. The number of amides is 2. The molecule has 2 aliphatic rings. The van der Waals surface area contributed by atoms with E-state index in [1.807, 2.05) is 98.8 Å². The highest BCUT2D eigenvalue weighted by molar-refractivity contribution is 7.92. The van der Waals surface area contributed by atoms with E-state index in [0.29, 0.717) is 87.1 Å². The van der Waals surface area contributed by atoms with E-state index < -0.39 is 51.2 Å². The van der Waals surface area contributed by atoms with Crippen LogP contribution in [0.25, 0.3) is 33.8 Å². The van der Waals surface area contributed by atoms with Gasteiger partial charge in [0.1, 0.15) is 38.1 Å². The molecule has 14 rings (SSSR count). The van der Waals surface area contributed by atoms with E-state index in [2.05, 4.69) is 123 Å². The van der Waals surface area contributed by atoms with Crippen LogP contribution in [0.5, 0.6) is 17.2 Å². The Morgan fingerprint density at radius 3 is 1.19 bits per heavy atom. The third-order valence-corrected chi connectivity index (χ3v) is 28.9. The van der Waals surface area contributed by atoms with E-state index in [0.717, 1.165) is 79.4 Å². The quantitative estimate of drug-likeness (QED) is 0.0193. The average molecular weight is 1950 g/mol. The van der Waals surface area contributed by atoms with Crippen molar-refractivity contribution in [1.29, 1.82) is 0 Å². The molecule has 0 atom stereocenters. The van der Waals surface area contributed by atoms with Crippen LogP contribution in [0.4, 0.5) is 75.2 Å². The van der Waals surface area contributed by atoms with Crippen molar-refractivity contribution < 1.29 is 62.9 Å². The zero-order chi connectivity index (χ0) is 96.8. The van der Waals surface area contributed by atoms with E-state index in [4.69, 9.17) is 63.0 Å². The van der Waals surface area contributed by atoms with E-state index >= 15 is 0 Å². The van der Waals surface area contributed by atoms with Crippen molar-refractivity contribution in [2.75, 3.05) is 110 Å². The molecule has 2 saturated heterocycles. The lowest BCUT2D eigenvalue weighted by Gasteiger charge is -2.33. The zero-order valence-electron chi connectivity index (χ0n) is 77.7. The summed E-state index contributed by atoms with van der Waals surface area (Å²) in [6.07, 6.45) is 5.84. The summed E-state index contributed by atoms with van der Waals surface area (Å²) in [5, 5.41) is 25.6. The second-order valence-corrected chi connectivity index (χ2v) is 42.0. The molecule has 0 unspecified atom stereocenters. The van der Waals surface area contributed by atoms with Crippen molar-refractivity contribution in [3.63, 3.8) is 0 Å². The molecule has 0 saturated carbocycles. The normalized spacial score (nSPS) is 13.3. The number of nitrogens with one attached hydrogen (secondary N) is 7. The Morgan fingerprint density at radius 2 is 0.813 bits per heavy atom. The number of carbonyl (C=O) groups excluding carboxylic acids is 2. The van der Waals surface area contributed by atoms with Gasteiger partial charge in [0.25, 0.3) is 11.8 Å². The van der Waals surface area contributed by atoms with Gasteiger partial charge in [-0.15, -0.1) is 0 Å². The van der Waals surface area contributed by atoms with Gasteiger partial charge >= 0.3 is 0 Å². The molecule has 34 nitrogen and oxygen atoms in total. The highest BCUT2D eigenvalue weighted by Crippen LogP contribution is 2.43. The second kappa shape index (κ2) is 44.2. The van der Waals surface area contributed by atoms with Crippen LogP contribution in [-0.2, 0) is 34.3 Å². The minimum atomic E-state index is -3.59. The van der Waals surface area contributed by atoms with Crippen LogP contribution in [0, 0.1) is 20.8 Å². The molecule has 710 valence electrons. The minimum absolute atomic E-state index is 0.0415. The maximum atomic E-state index is 13.2. The summed E-state index contributed by atoms with van der Waals surface area (Å²) in [4.78, 5) is 70.6. The number of benzene rings is 6. The third-order valence-electron chi connectivity index (χ3n) is 21.4. The smallest absolute Gasteiger partial charge is 0.297 e. The predicted octanol–water partition coefficient (Wildman–Crippen LogP) is 18.9. The molecule has 0 bridgehead atoms. The molecule has 2 aliphatic heterocycles. The van der Waals surface area contributed by atoms with Gasteiger partial charge < -0.3 is 74.8 Å². The first kappa shape index (κ1) is 101. The molecule has 2 amide bonds. The topological polar surface area (TPSA) is 413 Å². The molecular weight excluding hydrogens is 1840 g/mol. The highest BCUT2D eigenvalue weighted by Gasteiger charge is 2.31. The first-order valence-electron chi connectivity index (χ1n) is 43.5. The van der Waals surface area contributed by atoms with Crippen LogP contribution in [0.3, 0.4) is 0 Å². The lowest BCUT2D eigenvalue weighted by molar-refractivity contribution is 0.0528. The lowest BCUT2D eigenvalue weighted by atomic mass is 10.0. The van der Waals surface area contributed by atoms with Crippen molar-refractivity contribution in [3.8, 4) is 51.0 Å². The summed E-state index contributed by atoms with van der Waals surface area (Å²) >= 11 is 19.3. The summed E-state index contributed by atoms with van der Waals surface area (Å²) in [5.74, 6) is 4.03. The fraction of sp³-hybridized carbons (Fsp3) is 0.351. The van der Waals surface area contributed by atoms with Crippen LogP contribution in [-0.4, -0.2) is 204 Å². The molecule has 6 aromatic heterocycles. The van der Waals surface area contributed by atoms with Crippen LogP contribution in [0.2, 0.25) is 15.1 Å². The number of likely N-dealkylation sites (N-methyl/N-ethyl adjacent to an activating group) is 2. The monoisotopic (exact) mass is 1940 g/mol. The molecule has 12 aromatic rings. The Balaban J connectivity index is 0.000000181. The van der Waals surface area contributed by atoms with Gasteiger partial charge in [-0.2, -0.15) is 15.0 Å². The van der Waals surface area contributed by atoms with Crippen molar-refractivity contribution in [1.82, 2.24) is 65.4 Å². The molecular formula is C94H111Cl3N20O14S3. The number of pyridine rings is 1. The molecule has 0 spiro atoms. The van der Waals surface area contributed by atoms with Gasteiger partial charge in [-0.25, -0.2) is 50.7 Å². The third kappa shape index (κ3) is 24.8. The number of rotatable bonds is 32. The highest BCUT2D eigenvalue weighted by atomic mass is 35.5. The number of halogens is 3. The number of hydrogen-bond donors (Lipinski definition) is 7. The summed E-state index contributed by atoms with van der Waals surface area (Å²) in [7, 11) is -7.26. The predicted molar refractivity (Wildman–Crippen MR) is 524 cm³/mol. The SMILES string of the molecule is CCN1CCN(C(=O)c2cc(-c3cc(Nc4ncc(Cl)c(Nc5ccccc5S(=O)(=O)C(C)C)n4)c(OC(C)C)cc3C)on2)CC1.CONC(=O)c1cc(-c2cc(Nc3ncc(Cl)c(Nc4ccccc4S(=O)(=O)C(C)C)n3)c(OC(C)C)cc2C)on1.Cc1cc(Nc2ncc(Cl)c(Nc3ccccc3S(=O)(=O)C(C)C)n2)c(OC(C)C)cc1-c1ccc(N2CCN(C)CC2)nc1. The number of hydroxylamine groups is 1. The van der Waals surface area contributed by atoms with Crippen LogP contribution < -0.4 is 56.5 Å². The molecule has 2 fully saturated rings. The molecule has 6 aromatic carbocycles. The number of aromatic nitrogens is 9. The van der Waals surface area contributed by atoms with Gasteiger partial charge in [0.15, 0.2) is 69.9 Å². The molecule has 0 aliphatic carbocycles. The number of nitrogens with zero attached hydrogens (tertiary/aromatic N) is 13. The van der Waals surface area contributed by atoms with Gasteiger partial charge in [0.2, 0.25) is 17.8 Å². The zero-order valence-corrected chi connectivity index (χ0v) is 82.4. The summed E-state index contributed by atoms with van der Waals surface area (Å²) in [6, 6.07) is 38.5. The van der Waals surface area contributed by atoms with Gasteiger partial charge in [-0.05, 0) is 225 Å². The Kier molecular flexibility index (Phi) is 33.2. The first-order chi connectivity index (χ1) is 63.7. The van der Waals surface area contributed by atoms with E-state index in [1.54, 1.807) is 125 Å².